The SMILES string of the molecule is CCn1cc(Br)cc1C(=O)NC(C)c1ccc(C)o1. The maximum Gasteiger partial charge on any atom is 0.268 e. The smallest absolute Gasteiger partial charge is 0.268 e. The van der Waals surface area contributed by atoms with Crippen molar-refractivity contribution in [3.8, 4) is 0 Å². The minimum absolute atomic E-state index is 0.103. The zero-order valence-electron chi connectivity index (χ0n) is 11.2. The Balaban J connectivity index is 2.12. The predicted octanol–water partition coefficient (Wildman–Crippen LogP) is 3.66. The van der Waals surface area contributed by atoms with E-state index >= 15 is 0 Å². The van der Waals surface area contributed by atoms with E-state index in [0.29, 0.717) is 5.69 Å². The lowest BCUT2D eigenvalue weighted by molar-refractivity contribution is 0.0926. The average molecular weight is 325 g/mol. The second-order valence-electron chi connectivity index (χ2n) is 4.47. The number of carbonyl (C=O) groups excluding carboxylic acids is 1. The summed E-state index contributed by atoms with van der Waals surface area (Å²) >= 11 is 3.39. The molecule has 0 aliphatic carbocycles. The molecule has 102 valence electrons. The van der Waals surface area contributed by atoms with Crippen molar-refractivity contribution in [2.24, 2.45) is 0 Å². The molecule has 1 atom stereocenters. The predicted molar refractivity (Wildman–Crippen MR) is 77.1 cm³/mol. The van der Waals surface area contributed by atoms with Gasteiger partial charge in [-0.15, -0.1) is 0 Å². The molecule has 1 N–H and O–H groups in total. The van der Waals surface area contributed by atoms with Gasteiger partial charge in [-0.3, -0.25) is 4.79 Å². The number of amides is 1. The number of halogens is 1. The molecule has 19 heavy (non-hydrogen) atoms. The number of rotatable bonds is 4. The molecule has 0 spiro atoms. The molecule has 0 bridgehead atoms. The Kier molecular flexibility index (Phi) is 4.14. The summed E-state index contributed by atoms with van der Waals surface area (Å²) in [6, 6.07) is 5.44. The summed E-state index contributed by atoms with van der Waals surface area (Å²) in [5.41, 5.74) is 0.643. The third-order valence-electron chi connectivity index (χ3n) is 2.97. The van der Waals surface area contributed by atoms with Gasteiger partial charge in [-0.2, -0.15) is 0 Å². The van der Waals surface area contributed by atoms with Crippen molar-refractivity contribution >= 4 is 21.8 Å². The van der Waals surface area contributed by atoms with Crippen molar-refractivity contribution in [3.63, 3.8) is 0 Å². The minimum Gasteiger partial charge on any atom is -0.464 e. The molecule has 1 unspecified atom stereocenters. The number of hydrogen-bond donors (Lipinski definition) is 1. The van der Waals surface area contributed by atoms with Gasteiger partial charge in [0, 0.05) is 17.2 Å². The van der Waals surface area contributed by atoms with Crippen molar-refractivity contribution in [2.45, 2.75) is 33.4 Å². The van der Waals surface area contributed by atoms with Crippen LogP contribution in [0.2, 0.25) is 0 Å². The van der Waals surface area contributed by atoms with Crippen LogP contribution in [0.1, 0.15) is 41.9 Å². The number of nitrogens with one attached hydrogen (secondary N) is 1. The van der Waals surface area contributed by atoms with Gasteiger partial charge in [0.15, 0.2) is 0 Å². The van der Waals surface area contributed by atoms with E-state index in [2.05, 4.69) is 21.2 Å². The fraction of sp³-hybridized carbons (Fsp3) is 0.357. The molecule has 5 heteroatoms. The first-order chi connectivity index (χ1) is 9.01. The van der Waals surface area contributed by atoms with Gasteiger partial charge >= 0.3 is 0 Å². The Morgan fingerprint density at radius 3 is 2.84 bits per heavy atom. The number of aryl methyl sites for hydroxylation is 2. The maximum absolute atomic E-state index is 12.2. The lowest BCUT2D eigenvalue weighted by atomic mass is 10.2. The van der Waals surface area contributed by atoms with Gasteiger partial charge in [-0.05, 0) is 54.9 Å². The summed E-state index contributed by atoms with van der Waals surface area (Å²) in [5.74, 6) is 1.50. The van der Waals surface area contributed by atoms with Crippen molar-refractivity contribution in [1.82, 2.24) is 9.88 Å². The summed E-state index contributed by atoms with van der Waals surface area (Å²) in [4.78, 5) is 12.2. The second kappa shape index (κ2) is 5.65. The molecular formula is C14H17BrN2O2. The molecule has 0 saturated heterocycles. The van der Waals surface area contributed by atoms with Crippen LogP contribution in [0.3, 0.4) is 0 Å². The zero-order chi connectivity index (χ0) is 14.0. The van der Waals surface area contributed by atoms with E-state index in [1.165, 1.54) is 0 Å². The topological polar surface area (TPSA) is 47.2 Å². The highest BCUT2D eigenvalue weighted by atomic mass is 79.9. The molecule has 2 aromatic heterocycles. The fourth-order valence-electron chi connectivity index (χ4n) is 1.95. The fourth-order valence-corrected chi connectivity index (χ4v) is 2.42. The third kappa shape index (κ3) is 3.10. The van der Waals surface area contributed by atoms with E-state index in [9.17, 15) is 4.79 Å². The van der Waals surface area contributed by atoms with E-state index in [1.54, 1.807) is 0 Å². The van der Waals surface area contributed by atoms with Crippen molar-refractivity contribution in [1.29, 1.82) is 0 Å². The monoisotopic (exact) mass is 324 g/mol. The van der Waals surface area contributed by atoms with Crippen LogP contribution in [-0.2, 0) is 6.54 Å². The molecule has 1 amide bonds. The average Bonchev–Trinajstić information content (AvgIpc) is 2.95. The van der Waals surface area contributed by atoms with Crippen LogP contribution in [0.25, 0.3) is 0 Å². The lowest BCUT2D eigenvalue weighted by Crippen LogP contribution is -2.28. The largest absolute Gasteiger partial charge is 0.464 e. The first-order valence-corrected chi connectivity index (χ1v) is 7.03. The van der Waals surface area contributed by atoms with Crippen LogP contribution in [-0.4, -0.2) is 10.5 Å². The molecule has 0 aliphatic heterocycles. The van der Waals surface area contributed by atoms with E-state index in [-0.39, 0.29) is 11.9 Å². The highest BCUT2D eigenvalue weighted by Crippen LogP contribution is 2.18. The zero-order valence-corrected chi connectivity index (χ0v) is 12.8. The Morgan fingerprint density at radius 1 is 1.53 bits per heavy atom. The van der Waals surface area contributed by atoms with Gasteiger partial charge in [0.1, 0.15) is 17.2 Å². The number of aromatic nitrogens is 1. The van der Waals surface area contributed by atoms with Gasteiger partial charge in [-0.25, -0.2) is 0 Å². The quantitative estimate of drug-likeness (QED) is 0.932. The molecule has 0 saturated carbocycles. The summed E-state index contributed by atoms with van der Waals surface area (Å²) in [7, 11) is 0. The molecular weight excluding hydrogens is 308 g/mol. The van der Waals surface area contributed by atoms with Crippen molar-refractivity contribution in [2.75, 3.05) is 0 Å². The Bertz CT molecular complexity index is 586. The minimum atomic E-state index is -0.153. The van der Waals surface area contributed by atoms with Gasteiger partial charge in [0.05, 0.1) is 6.04 Å². The van der Waals surface area contributed by atoms with Gasteiger partial charge in [-0.1, -0.05) is 0 Å². The molecule has 0 aromatic carbocycles. The Morgan fingerprint density at radius 2 is 2.26 bits per heavy atom. The normalized spacial score (nSPS) is 12.4. The molecule has 2 aromatic rings. The van der Waals surface area contributed by atoms with Crippen LogP contribution in [0.15, 0.2) is 33.3 Å². The standard InChI is InChI=1S/C14H17BrN2O2/c1-4-17-8-11(15)7-12(17)14(18)16-10(3)13-6-5-9(2)19-13/h5-8,10H,4H2,1-3H3,(H,16,18). The molecule has 0 radical (unpaired) electrons. The van der Waals surface area contributed by atoms with Crippen LogP contribution in [0.4, 0.5) is 0 Å². The molecule has 0 aliphatic rings. The third-order valence-corrected chi connectivity index (χ3v) is 3.41. The van der Waals surface area contributed by atoms with Crippen LogP contribution < -0.4 is 5.32 Å². The van der Waals surface area contributed by atoms with Gasteiger partial charge in [0.2, 0.25) is 0 Å². The van der Waals surface area contributed by atoms with Crippen molar-refractivity contribution < 1.29 is 9.21 Å². The number of carbonyl (C=O) groups is 1. The maximum atomic E-state index is 12.2. The molecule has 2 heterocycles. The van der Waals surface area contributed by atoms with Crippen LogP contribution in [0, 0.1) is 6.92 Å². The van der Waals surface area contributed by atoms with Gasteiger partial charge in [0.25, 0.3) is 5.91 Å². The second-order valence-corrected chi connectivity index (χ2v) is 5.39. The van der Waals surface area contributed by atoms with E-state index < -0.39 is 0 Å². The summed E-state index contributed by atoms with van der Waals surface area (Å²) in [6.07, 6.45) is 1.90. The number of hydrogen-bond acceptors (Lipinski definition) is 2. The summed E-state index contributed by atoms with van der Waals surface area (Å²) in [5, 5.41) is 2.94. The lowest BCUT2D eigenvalue weighted by Gasteiger charge is -2.12. The summed E-state index contributed by atoms with van der Waals surface area (Å²) < 4.78 is 8.32. The van der Waals surface area contributed by atoms with Crippen LogP contribution in [0.5, 0.6) is 0 Å². The van der Waals surface area contributed by atoms with E-state index in [1.807, 2.05) is 49.7 Å². The van der Waals surface area contributed by atoms with E-state index in [4.69, 9.17) is 4.42 Å². The molecule has 4 nitrogen and oxygen atoms in total. The first-order valence-electron chi connectivity index (χ1n) is 6.24. The van der Waals surface area contributed by atoms with E-state index in [0.717, 1.165) is 22.5 Å². The number of nitrogens with zero attached hydrogens (tertiary/aromatic N) is 1. The van der Waals surface area contributed by atoms with Gasteiger partial charge < -0.3 is 14.3 Å². The van der Waals surface area contributed by atoms with Crippen LogP contribution >= 0.6 is 15.9 Å². The Hall–Kier alpha value is -1.49. The molecule has 0 fully saturated rings. The van der Waals surface area contributed by atoms with Crippen molar-refractivity contribution in [3.05, 3.63) is 46.1 Å². The first kappa shape index (κ1) is 13.9. The highest BCUT2D eigenvalue weighted by Gasteiger charge is 2.17. The Labute approximate surface area is 120 Å². The highest BCUT2D eigenvalue weighted by molar-refractivity contribution is 9.10. The number of furan rings is 1. The molecule has 2 rings (SSSR count). The summed E-state index contributed by atoms with van der Waals surface area (Å²) in [6.45, 7) is 6.55.